The number of rotatable bonds is 7. The number of unbranched alkanes of at least 4 members (excludes halogenated alkanes) is 1. The van der Waals surface area contributed by atoms with E-state index in [0.717, 1.165) is 36.3 Å². The van der Waals surface area contributed by atoms with Gasteiger partial charge in [-0.2, -0.15) is 0 Å². The van der Waals surface area contributed by atoms with Gasteiger partial charge in [-0.15, -0.1) is 0 Å². The van der Waals surface area contributed by atoms with Crippen molar-refractivity contribution in [2.24, 2.45) is 0 Å². The Morgan fingerprint density at radius 1 is 1.42 bits per heavy atom. The van der Waals surface area contributed by atoms with Gasteiger partial charge in [0, 0.05) is 25.2 Å². The highest BCUT2D eigenvalue weighted by molar-refractivity contribution is 6.30. The lowest BCUT2D eigenvalue weighted by atomic mass is 10.0. The molecule has 0 heterocycles. The summed E-state index contributed by atoms with van der Waals surface area (Å²) in [4.78, 5) is 11.9. The normalized spacial score (nSPS) is 16.1. The Bertz CT molecular complexity index is 444. The van der Waals surface area contributed by atoms with Crippen LogP contribution in [0.4, 0.5) is 0 Å². The van der Waals surface area contributed by atoms with Crippen LogP contribution >= 0.6 is 11.6 Å². The minimum absolute atomic E-state index is 0.119. The van der Waals surface area contributed by atoms with E-state index in [1.807, 2.05) is 24.3 Å². The summed E-state index contributed by atoms with van der Waals surface area (Å²) in [5.41, 5.74) is 0.953. The third-order valence-corrected chi connectivity index (χ3v) is 3.74. The van der Waals surface area contributed by atoms with E-state index in [1.54, 1.807) is 7.11 Å². The Morgan fingerprint density at radius 3 is 2.84 bits per heavy atom. The molecule has 0 unspecified atom stereocenters. The molecule has 1 saturated carbocycles. The van der Waals surface area contributed by atoms with E-state index < -0.39 is 0 Å². The Balaban J connectivity index is 1.86. The average molecular weight is 282 g/mol. The van der Waals surface area contributed by atoms with Crippen LogP contribution in [-0.4, -0.2) is 19.6 Å². The van der Waals surface area contributed by atoms with Crippen molar-refractivity contribution in [2.45, 2.75) is 37.6 Å². The van der Waals surface area contributed by atoms with Gasteiger partial charge in [-0.25, -0.2) is 0 Å². The van der Waals surface area contributed by atoms with Gasteiger partial charge in [0.05, 0.1) is 5.54 Å². The Hall–Kier alpha value is -1.06. The monoisotopic (exact) mass is 281 g/mol. The number of hydrogen-bond donors (Lipinski definition) is 1. The average Bonchev–Trinajstić information content (AvgIpc) is 3.16. The van der Waals surface area contributed by atoms with Gasteiger partial charge in [-0.05, 0) is 43.4 Å². The molecule has 0 spiro atoms. The molecule has 0 saturated heterocycles. The molecule has 2 rings (SSSR count). The van der Waals surface area contributed by atoms with Crippen LogP contribution in [0, 0.1) is 0 Å². The fraction of sp³-hybridized carbons (Fsp3) is 0.533. The van der Waals surface area contributed by atoms with Crippen molar-refractivity contribution in [1.82, 2.24) is 5.32 Å². The van der Waals surface area contributed by atoms with Gasteiger partial charge in [0.15, 0.2) is 0 Å². The number of methoxy groups -OCH3 is 1. The van der Waals surface area contributed by atoms with Gasteiger partial charge < -0.3 is 10.1 Å². The van der Waals surface area contributed by atoms with Gasteiger partial charge in [0.2, 0.25) is 5.91 Å². The van der Waals surface area contributed by atoms with Gasteiger partial charge in [0.1, 0.15) is 0 Å². The van der Waals surface area contributed by atoms with Gasteiger partial charge in [-0.3, -0.25) is 4.79 Å². The summed E-state index contributed by atoms with van der Waals surface area (Å²) in [6.45, 7) is 0.715. The summed E-state index contributed by atoms with van der Waals surface area (Å²) in [5.74, 6) is 0.119. The van der Waals surface area contributed by atoms with Crippen LogP contribution in [0.25, 0.3) is 0 Å². The fourth-order valence-corrected chi connectivity index (χ4v) is 2.45. The van der Waals surface area contributed by atoms with Crippen LogP contribution in [0.2, 0.25) is 5.02 Å². The number of halogens is 1. The van der Waals surface area contributed by atoms with E-state index in [0.29, 0.717) is 13.0 Å². The van der Waals surface area contributed by atoms with Crippen molar-refractivity contribution in [3.05, 3.63) is 34.9 Å². The van der Waals surface area contributed by atoms with E-state index in [-0.39, 0.29) is 11.4 Å². The SMILES string of the molecule is COCCCCC(=O)NC1(c2cccc(Cl)c2)CC1. The van der Waals surface area contributed by atoms with Crippen molar-refractivity contribution < 1.29 is 9.53 Å². The summed E-state index contributed by atoms with van der Waals surface area (Å²) in [6, 6.07) is 7.76. The number of nitrogens with one attached hydrogen (secondary N) is 1. The molecule has 1 aromatic rings. The van der Waals surface area contributed by atoms with Gasteiger partial charge >= 0.3 is 0 Å². The number of carbonyl (C=O) groups excluding carboxylic acids is 1. The zero-order valence-electron chi connectivity index (χ0n) is 11.2. The highest BCUT2D eigenvalue weighted by Gasteiger charge is 2.45. The molecule has 1 amide bonds. The van der Waals surface area contributed by atoms with Crippen LogP contribution in [0.5, 0.6) is 0 Å². The number of hydrogen-bond acceptors (Lipinski definition) is 2. The molecule has 1 N–H and O–H groups in total. The van der Waals surface area contributed by atoms with Crippen LogP contribution in [0.1, 0.15) is 37.7 Å². The largest absolute Gasteiger partial charge is 0.385 e. The van der Waals surface area contributed by atoms with E-state index >= 15 is 0 Å². The van der Waals surface area contributed by atoms with E-state index in [4.69, 9.17) is 16.3 Å². The maximum Gasteiger partial charge on any atom is 0.220 e. The molecule has 1 aliphatic carbocycles. The van der Waals surface area contributed by atoms with Crippen LogP contribution < -0.4 is 5.32 Å². The molecule has 3 nitrogen and oxygen atoms in total. The van der Waals surface area contributed by atoms with Crippen LogP contribution in [0.15, 0.2) is 24.3 Å². The molecule has 104 valence electrons. The zero-order chi connectivity index (χ0) is 13.7. The second-order valence-electron chi connectivity index (χ2n) is 5.09. The molecule has 1 fully saturated rings. The molecule has 19 heavy (non-hydrogen) atoms. The zero-order valence-corrected chi connectivity index (χ0v) is 12.0. The molecule has 0 aliphatic heterocycles. The standard InChI is InChI=1S/C15H20ClNO2/c1-19-10-3-2-7-14(18)17-15(8-9-15)12-5-4-6-13(16)11-12/h4-6,11H,2-3,7-10H2,1H3,(H,17,18). The minimum atomic E-state index is -0.163. The quantitative estimate of drug-likeness (QED) is 0.779. The van der Waals surface area contributed by atoms with Crippen molar-refractivity contribution >= 4 is 17.5 Å². The van der Waals surface area contributed by atoms with Crippen molar-refractivity contribution in [3.63, 3.8) is 0 Å². The van der Waals surface area contributed by atoms with Gasteiger partial charge in [-0.1, -0.05) is 23.7 Å². The summed E-state index contributed by atoms with van der Waals surface area (Å²) in [5, 5.41) is 3.87. The summed E-state index contributed by atoms with van der Waals surface area (Å²) >= 11 is 6.01. The molecule has 0 radical (unpaired) electrons. The molecule has 1 aromatic carbocycles. The lowest BCUT2D eigenvalue weighted by molar-refractivity contribution is -0.122. The first-order chi connectivity index (χ1) is 9.16. The van der Waals surface area contributed by atoms with Crippen LogP contribution in [-0.2, 0) is 15.1 Å². The molecule has 0 bridgehead atoms. The maximum atomic E-state index is 11.9. The topological polar surface area (TPSA) is 38.3 Å². The number of amides is 1. The predicted octanol–water partition coefficient (Wildman–Crippen LogP) is 3.26. The highest BCUT2D eigenvalue weighted by atomic mass is 35.5. The molecular weight excluding hydrogens is 262 g/mol. The maximum absolute atomic E-state index is 11.9. The van der Waals surface area contributed by atoms with E-state index in [9.17, 15) is 4.79 Å². The fourth-order valence-electron chi connectivity index (χ4n) is 2.26. The third kappa shape index (κ3) is 3.95. The minimum Gasteiger partial charge on any atom is -0.385 e. The summed E-state index contributed by atoms with van der Waals surface area (Å²) < 4.78 is 4.97. The van der Waals surface area contributed by atoms with Crippen molar-refractivity contribution in [1.29, 1.82) is 0 Å². The smallest absolute Gasteiger partial charge is 0.220 e. The second kappa shape index (κ2) is 6.40. The van der Waals surface area contributed by atoms with Crippen molar-refractivity contribution in [3.8, 4) is 0 Å². The first-order valence-corrected chi connectivity index (χ1v) is 7.10. The summed E-state index contributed by atoms with van der Waals surface area (Å²) in [6.07, 6.45) is 4.35. The van der Waals surface area contributed by atoms with Crippen LogP contribution in [0.3, 0.4) is 0 Å². The second-order valence-corrected chi connectivity index (χ2v) is 5.53. The number of ether oxygens (including phenoxy) is 1. The molecule has 1 aliphatic rings. The number of carbonyl (C=O) groups is 1. The lowest BCUT2D eigenvalue weighted by Crippen LogP contribution is -2.34. The molecule has 0 atom stereocenters. The van der Waals surface area contributed by atoms with E-state index in [1.165, 1.54) is 0 Å². The Morgan fingerprint density at radius 2 is 2.21 bits per heavy atom. The molecule has 0 aromatic heterocycles. The Kier molecular flexibility index (Phi) is 4.83. The molecular formula is C15H20ClNO2. The third-order valence-electron chi connectivity index (χ3n) is 3.51. The summed E-state index contributed by atoms with van der Waals surface area (Å²) in [7, 11) is 1.68. The van der Waals surface area contributed by atoms with Crippen molar-refractivity contribution in [2.75, 3.05) is 13.7 Å². The highest BCUT2D eigenvalue weighted by Crippen LogP contribution is 2.46. The Labute approximate surface area is 119 Å². The van der Waals surface area contributed by atoms with E-state index in [2.05, 4.69) is 5.32 Å². The predicted molar refractivity (Wildman–Crippen MR) is 76.2 cm³/mol. The van der Waals surface area contributed by atoms with Gasteiger partial charge in [0.25, 0.3) is 0 Å². The first kappa shape index (κ1) is 14.4. The lowest BCUT2D eigenvalue weighted by Gasteiger charge is -2.18. The number of benzene rings is 1. The molecule has 4 heteroatoms. The first-order valence-electron chi connectivity index (χ1n) is 6.72.